The number of likely N-dealkylation sites (tertiary alicyclic amines) is 1. The first-order valence-corrected chi connectivity index (χ1v) is 8.39. The van der Waals surface area contributed by atoms with Crippen LogP contribution < -0.4 is 5.32 Å². The Morgan fingerprint density at radius 2 is 1.90 bits per heavy atom. The average Bonchev–Trinajstić information content (AvgIpc) is 2.45. The van der Waals surface area contributed by atoms with Crippen molar-refractivity contribution in [1.82, 2.24) is 10.2 Å². The Morgan fingerprint density at radius 1 is 1.20 bits per heavy atom. The summed E-state index contributed by atoms with van der Waals surface area (Å²) < 4.78 is 5.58. The maximum absolute atomic E-state index is 5.58. The van der Waals surface area contributed by atoms with Crippen molar-refractivity contribution >= 4 is 0 Å². The van der Waals surface area contributed by atoms with E-state index in [4.69, 9.17) is 4.74 Å². The van der Waals surface area contributed by atoms with Gasteiger partial charge in [-0.2, -0.15) is 0 Å². The SMILES string of the molecule is CCCCOCCCNC1CCN(CC=C(C)C)CC1. The number of ether oxygens (including phenoxy) is 1. The third-order valence-corrected chi connectivity index (χ3v) is 3.89. The van der Waals surface area contributed by atoms with Crippen molar-refractivity contribution in [3.05, 3.63) is 11.6 Å². The van der Waals surface area contributed by atoms with E-state index in [9.17, 15) is 0 Å². The van der Waals surface area contributed by atoms with Crippen molar-refractivity contribution in [2.75, 3.05) is 39.4 Å². The van der Waals surface area contributed by atoms with Gasteiger partial charge in [-0.15, -0.1) is 0 Å². The minimum absolute atomic E-state index is 0.716. The molecule has 1 fully saturated rings. The Kier molecular flexibility index (Phi) is 9.98. The van der Waals surface area contributed by atoms with Crippen LogP contribution in [0.3, 0.4) is 0 Å². The van der Waals surface area contributed by atoms with Gasteiger partial charge in [0.2, 0.25) is 0 Å². The van der Waals surface area contributed by atoms with Crippen LogP contribution in [0.25, 0.3) is 0 Å². The molecule has 0 aromatic carbocycles. The number of nitrogens with zero attached hydrogens (tertiary/aromatic N) is 1. The Hall–Kier alpha value is -0.380. The fourth-order valence-electron chi connectivity index (χ4n) is 2.46. The van der Waals surface area contributed by atoms with Crippen LogP contribution in [-0.2, 0) is 4.74 Å². The van der Waals surface area contributed by atoms with Crippen LogP contribution >= 0.6 is 0 Å². The zero-order valence-electron chi connectivity index (χ0n) is 13.8. The van der Waals surface area contributed by atoms with Gasteiger partial charge in [-0.3, -0.25) is 4.90 Å². The van der Waals surface area contributed by atoms with E-state index < -0.39 is 0 Å². The lowest BCUT2D eigenvalue weighted by Crippen LogP contribution is -2.42. The summed E-state index contributed by atoms with van der Waals surface area (Å²) in [5.74, 6) is 0. The molecule has 0 aliphatic carbocycles. The van der Waals surface area contributed by atoms with Gasteiger partial charge in [0.25, 0.3) is 0 Å². The van der Waals surface area contributed by atoms with E-state index in [-0.39, 0.29) is 0 Å². The number of hydrogen-bond acceptors (Lipinski definition) is 3. The van der Waals surface area contributed by atoms with E-state index in [0.29, 0.717) is 6.04 Å². The first-order valence-electron chi connectivity index (χ1n) is 8.39. The molecule has 3 heteroatoms. The minimum atomic E-state index is 0.716. The zero-order valence-corrected chi connectivity index (χ0v) is 13.8. The van der Waals surface area contributed by atoms with Gasteiger partial charge in [-0.05, 0) is 59.2 Å². The second kappa shape index (κ2) is 11.3. The van der Waals surface area contributed by atoms with Crippen LogP contribution in [0.15, 0.2) is 11.6 Å². The number of rotatable bonds is 10. The number of hydrogen-bond donors (Lipinski definition) is 1. The van der Waals surface area contributed by atoms with E-state index in [1.54, 1.807) is 0 Å². The summed E-state index contributed by atoms with van der Waals surface area (Å²) in [4.78, 5) is 2.55. The third kappa shape index (κ3) is 8.72. The van der Waals surface area contributed by atoms with Crippen molar-refractivity contribution in [2.24, 2.45) is 0 Å². The Labute approximate surface area is 125 Å². The summed E-state index contributed by atoms with van der Waals surface area (Å²) in [6.07, 6.45) is 8.46. The number of piperidine rings is 1. The van der Waals surface area contributed by atoms with Crippen LogP contribution in [0, 0.1) is 0 Å². The number of nitrogens with one attached hydrogen (secondary N) is 1. The third-order valence-electron chi connectivity index (χ3n) is 3.89. The van der Waals surface area contributed by atoms with Crippen LogP contribution in [0.1, 0.15) is 52.9 Å². The van der Waals surface area contributed by atoms with E-state index in [2.05, 4.69) is 37.1 Å². The molecule has 20 heavy (non-hydrogen) atoms. The van der Waals surface area contributed by atoms with Gasteiger partial charge < -0.3 is 10.1 Å². The molecule has 3 nitrogen and oxygen atoms in total. The molecule has 0 atom stereocenters. The van der Waals surface area contributed by atoms with Gasteiger partial charge in [0, 0.05) is 25.8 Å². The highest BCUT2D eigenvalue weighted by molar-refractivity contribution is 4.95. The number of allylic oxidation sites excluding steroid dienone is 1. The van der Waals surface area contributed by atoms with Crippen LogP contribution in [0.5, 0.6) is 0 Å². The average molecular weight is 282 g/mol. The summed E-state index contributed by atoms with van der Waals surface area (Å²) >= 11 is 0. The van der Waals surface area contributed by atoms with Crippen molar-refractivity contribution in [3.63, 3.8) is 0 Å². The fraction of sp³-hybridized carbons (Fsp3) is 0.882. The van der Waals surface area contributed by atoms with Gasteiger partial charge in [-0.1, -0.05) is 25.0 Å². The molecule has 118 valence electrons. The smallest absolute Gasteiger partial charge is 0.0478 e. The zero-order chi connectivity index (χ0) is 14.6. The fourth-order valence-corrected chi connectivity index (χ4v) is 2.46. The molecule has 0 aromatic rings. The quantitative estimate of drug-likeness (QED) is 0.492. The first-order chi connectivity index (χ1) is 9.72. The maximum atomic E-state index is 5.58. The largest absolute Gasteiger partial charge is 0.381 e. The van der Waals surface area contributed by atoms with Gasteiger partial charge >= 0.3 is 0 Å². The molecule has 1 aliphatic heterocycles. The predicted octanol–water partition coefficient (Wildman–Crippen LogP) is 3.21. The summed E-state index contributed by atoms with van der Waals surface area (Å²) in [5.41, 5.74) is 1.42. The summed E-state index contributed by atoms with van der Waals surface area (Å²) in [7, 11) is 0. The molecule has 0 aromatic heterocycles. The van der Waals surface area contributed by atoms with Gasteiger partial charge in [0.05, 0.1) is 0 Å². The Morgan fingerprint density at radius 3 is 2.55 bits per heavy atom. The lowest BCUT2D eigenvalue weighted by Gasteiger charge is -2.31. The van der Waals surface area contributed by atoms with Gasteiger partial charge in [0.15, 0.2) is 0 Å². The molecular formula is C17H34N2O. The molecular weight excluding hydrogens is 248 g/mol. The lowest BCUT2D eigenvalue weighted by atomic mass is 10.0. The van der Waals surface area contributed by atoms with Crippen molar-refractivity contribution in [2.45, 2.75) is 58.9 Å². The second-order valence-corrected chi connectivity index (χ2v) is 6.13. The van der Waals surface area contributed by atoms with Gasteiger partial charge in [0.1, 0.15) is 0 Å². The molecule has 0 spiro atoms. The molecule has 1 rings (SSSR count). The molecule has 1 saturated heterocycles. The predicted molar refractivity (Wildman–Crippen MR) is 87.2 cm³/mol. The van der Waals surface area contributed by atoms with E-state index in [1.165, 1.54) is 44.3 Å². The molecule has 1 heterocycles. The first kappa shape index (κ1) is 17.7. The highest BCUT2D eigenvalue weighted by Gasteiger charge is 2.17. The lowest BCUT2D eigenvalue weighted by molar-refractivity contribution is 0.127. The maximum Gasteiger partial charge on any atom is 0.0478 e. The summed E-state index contributed by atoms with van der Waals surface area (Å²) in [5, 5.41) is 3.68. The monoisotopic (exact) mass is 282 g/mol. The molecule has 0 unspecified atom stereocenters. The molecule has 1 aliphatic rings. The minimum Gasteiger partial charge on any atom is -0.381 e. The standard InChI is InChI=1S/C17H34N2O/c1-4-5-14-20-15-6-10-18-17-8-12-19(13-9-17)11-7-16(2)3/h7,17-18H,4-6,8-15H2,1-3H3. The Balaban J connectivity index is 1.95. The molecule has 0 amide bonds. The van der Waals surface area contributed by atoms with Crippen molar-refractivity contribution < 1.29 is 4.74 Å². The molecule has 1 N–H and O–H groups in total. The topological polar surface area (TPSA) is 24.5 Å². The Bertz CT molecular complexity index is 254. The van der Waals surface area contributed by atoms with Crippen molar-refractivity contribution in [1.29, 1.82) is 0 Å². The molecule has 0 saturated carbocycles. The number of unbranched alkanes of at least 4 members (excludes halogenated alkanes) is 1. The molecule has 0 bridgehead atoms. The summed E-state index contributed by atoms with van der Waals surface area (Å²) in [6.45, 7) is 13.1. The van der Waals surface area contributed by atoms with Crippen LogP contribution in [0.2, 0.25) is 0 Å². The molecule has 0 radical (unpaired) electrons. The van der Waals surface area contributed by atoms with E-state index in [0.717, 1.165) is 32.7 Å². The highest BCUT2D eigenvalue weighted by atomic mass is 16.5. The van der Waals surface area contributed by atoms with Gasteiger partial charge in [-0.25, -0.2) is 0 Å². The van der Waals surface area contributed by atoms with E-state index in [1.807, 2.05) is 0 Å². The van der Waals surface area contributed by atoms with E-state index >= 15 is 0 Å². The van der Waals surface area contributed by atoms with Crippen molar-refractivity contribution in [3.8, 4) is 0 Å². The second-order valence-electron chi connectivity index (χ2n) is 6.13. The van der Waals surface area contributed by atoms with Crippen LogP contribution in [-0.4, -0.2) is 50.3 Å². The summed E-state index contributed by atoms with van der Waals surface area (Å²) in [6, 6.07) is 0.716. The highest BCUT2D eigenvalue weighted by Crippen LogP contribution is 2.10. The normalized spacial score (nSPS) is 17.4. The van der Waals surface area contributed by atoms with Crippen LogP contribution in [0.4, 0.5) is 0 Å².